The molecule has 0 aromatic heterocycles. The Hall–Kier alpha value is -0.520. The third-order valence-corrected chi connectivity index (χ3v) is 3.21. The first-order valence-electron chi connectivity index (χ1n) is 5.02. The normalized spacial score (nSPS) is 13.1. The number of halogens is 3. The van der Waals surface area contributed by atoms with Crippen molar-refractivity contribution >= 4 is 15.9 Å². The number of nitrogens with one attached hydrogen (secondary N) is 1. The molecule has 0 radical (unpaired) electrons. The van der Waals surface area contributed by atoms with Gasteiger partial charge in [0, 0.05) is 17.1 Å². The van der Waals surface area contributed by atoms with Crippen LogP contribution in [0.3, 0.4) is 0 Å². The van der Waals surface area contributed by atoms with E-state index in [0.29, 0.717) is 6.54 Å². The van der Waals surface area contributed by atoms with Crippen molar-refractivity contribution in [1.29, 1.82) is 0 Å². The van der Waals surface area contributed by atoms with Crippen LogP contribution in [0.1, 0.15) is 17.2 Å². The molecule has 0 saturated heterocycles. The van der Waals surface area contributed by atoms with Crippen molar-refractivity contribution in [3.05, 3.63) is 33.8 Å². The lowest BCUT2D eigenvalue weighted by molar-refractivity contribution is 0.141. The summed E-state index contributed by atoms with van der Waals surface area (Å²) in [4.78, 5) is 0. The third kappa shape index (κ3) is 3.81. The smallest absolute Gasteiger partial charge is 0.250 e. The molecule has 16 heavy (non-hydrogen) atoms. The topological polar surface area (TPSA) is 38.0 Å². The van der Waals surface area contributed by atoms with Gasteiger partial charge < -0.3 is 11.1 Å². The first-order valence-corrected chi connectivity index (χ1v) is 5.81. The first-order chi connectivity index (χ1) is 7.54. The van der Waals surface area contributed by atoms with Crippen molar-refractivity contribution in [2.75, 3.05) is 13.1 Å². The summed E-state index contributed by atoms with van der Waals surface area (Å²) in [6.45, 7) is 1.92. The Kier molecular flexibility index (Phi) is 5.31. The first kappa shape index (κ1) is 13.5. The van der Waals surface area contributed by atoms with Crippen molar-refractivity contribution in [2.24, 2.45) is 5.73 Å². The van der Waals surface area contributed by atoms with E-state index >= 15 is 0 Å². The van der Waals surface area contributed by atoms with E-state index in [0.717, 1.165) is 15.6 Å². The Balaban J connectivity index is 2.74. The van der Waals surface area contributed by atoms with Gasteiger partial charge in [0.05, 0.1) is 6.54 Å². The van der Waals surface area contributed by atoms with Crippen LogP contribution in [0.5, 0.6) is 0 Å². The molecule has 0 bridgehead atoms. The fourth-order valence-corrected chi connectivity index (χ4v) is 1.79. The SMILES string of the molecule is Cc1ccc(C(CN)NCC(F)F)cc1Br. The zero-order valence-corrected chi connectivity index (χ0v) is 10.6. The quantitative estimate of drug-likeness (QED) is 0.876. The van der Waals surface area contributed by atoms with Gasteiger partial charge in [-0.1, -0.05) is 28.1 Å². The maximum Gasteiger partial charge on any atom is 0.250 e. The van der Waals surface area contributed by atoms with Gasteiger partial charge >= 0.3 is 0 Å². The Morgan fingerprint density at radius 2 is 2.12 bits per heavy atom. The maximum atomic E-state index is 12.1. The molecule has 0 aliphatic rings. The molecule has 0 heterocycles. The zero-order valence-electron chi connectivity index (χ0n) is 9.01. The van der Waals surface area contributed by atoms with Gasteiger partial charge in [-0.3, -0.25) is 0 Å². The van der Waals surface area contributed by atoms with Crippen molar-refractivity contribution < 1.29 is 8.78 Å². The molecule has 1 rings (SSSR count). The predicted molar refractivity (Wildman–Crippen MR) is 64.7 cm³/mol. The fourth-order valence-electron chi connectivity index (χ4n) is 1.39. The van der Waals surface area contributed by atoms with Crippen LogP contribution >= 0.6 is 15.9 Å². The molecule has 1 aromatic rings. The van der Waals surface area contributed by atoms with Crippen molar-refractivity contribution in [3.63, 3.8) is 0 Å². The Morgan fingerprint density at radius 1 is 1.44 bits per heavy atom. The largest absolute Gasteiger partial charge is 0.329 e. The number of hydrogen-bond acceptors (Lipinski definition) is 2. The molecule has 0 fully saturated rings. The lowest BCUT2D eigenvalue weighted by Gasteiger charge is -2.17. The molecule has 0 amide bonds. The lowest BCUT2D eigenvalue weighted by atomic mass is 10.1. The third-order valence-electron chi connectivity index (χ3n) is 2.35. The summed E-state index contributed by atoms with van der Waals surface area (Å²) in [6.07, 6.45) is -2.36. The summed E-state index contributed by atoms with van der Waals surface area (Å²) in [5.41, 5.74) is 7.58. The van der Waals surface area contributed by atoms with Crippen molar-refractivity contribution in [2.45, 2.75) is 19.4 Å². The number of nitrogens with two attached hydrogens (primary N) is 1. The van der Waals surface area contributed by atoms with Gasteiger partial charge in [-0.15, -0.1) is 0 Å². The van der Waals surface area contributed by atoms with Gasteiger partial charge in [0.2, 0.25) is 0 Å². The minimum Gasteiger partial charge on any atom is -0.329 e. The zero-order chi connectivity index (χ0) is 12.1. The highest BCUT2D eigenvalue weighted by Crippen LogP contribution is 2.21. The van der Waals surface area contributed by atoms with Crippen LogP contribution < -0.4 is 11.1 Å². The maximum absolute atomic E-state index is 12.1. The highest BCUT2D eigenvalue weighted by atomic mass is 79.9. The Bertz CT molecular complexity index is 345. The van der Waals surface area contributed by atoms with E-state index in [9.17, 15) is 8.78 Å². The summed E-state index contributed by atoms with van der Waals surface area (Å²) in [7, 11) is 0. The Labute approximate surface area is 102 Å². The molecule has 5 heteroatoms. The summed E-state index contributed by atoms with van der Waals surface area (Å²) >= 11 is 3.41. The van der Waals surface area contributed by atoms with Crippen LogP contribution in [-0.4, -0.2) is 19.5 Å². The van der Waals surface area contributed by atoms with E-state index < -0.39 is 6.43 Å². The summed E-state index contributed by atoms with van der Waals surface area (Å²) in [6, 6.07) is 5.51. The average Bonchev–Trinajstić information content (AvgIpc) is 2.23. The van der Waals surface area contributed by atoms with Gasteiger partial charge in [-0.25, -0.2) is 8.78 Å². The molecule has 0 saturated carbocycles. The molecule has 3 N–H and O–H groups in total. The van der Waals surface area contributed by atoms with E-state index in [2.05, 4.69) is 21.2 Å². The summed E-state index contributed by atoms with van der Waals surface area (Å²) in [5.74, 6) is 0. The van der Waals surface area contributed by atoms with Crippen LogP contribution in [0.25, 0.3) is 0 Å². The van der Waals surface area contributed by atoms with E-state index in [4.69, 9.17) is 5.73 Å². The van der Waals surface area contributed by atoms with Gasteiger partial charge in [0.25, 0.3) is 6.43 Å². The molecule has 0 aliphatic carbocycles. The van der Waals surface area contributed by atoms with Crippen LogP contribution in [-0.2, 0) is 0 Å². The Morgan fingerprint density at radius 3 is 2.62 bits per heavy atom. The minimum atomic E-state index is -2.36. The molecule has 90 valence electrons. The second kappa shape index (κ2) is 6.27. The summed E-state index contributed by atoms with van der Waals surface area (Å²) < 4.78 is 25.1. The number of aryl methyl sites for hydroxylation is 1. The van der Waals surface area contributed by atoms with Gasteiger partial charge in [0.15, 0.2) is 0 Å². The molecule has 1 unspecified atom stereocenters. The summed E-state index contributed by atoms with van der Waals surface area (Å²) in [5, 5.41) is 2.74. The van der Waals surface area contributed by atoms with Gasteiger partial charge in [-0.05, 0) is 24.1 Å². The fraction of sp³-hybridized carbons (Fsp3) is 0.455. The molecule has 1 aromatic carbocycles. The molecular formula is C11H15BrF2N2. The molecule has 0 spiro atoms. The van der Waals surface area contributed by atoms with E-state index in [-0.39, 0.29) is 12.6 Å². The molecule has 1 atom stereocenters. The lowest BCUT2D eigenvalue weighted by Crippen LogP contribution is -2.31. The number of alkyl halides is 2. The second-order valence-electron chi connectivity index (χ2n) is 3.60. The van der Waals surface area contributed by atoms with Crippen molar-refractivity contribution in [1.82, 2.24) is 5.32 Å². The van der Waals surface area contributed by atoms with E-state index in [1.165, 1.54) is 0 Å². The number of benzene rings is 1. The predicted octanol–water partition coefficient (Wildman–Crippen LogP) is 2.61. The molecule has 2 nitrogen and oxygen atoms in total. The highest BCUT2D eigenvalue weighted by molar-refractivity contribution is 9.10. The highest BCUT2D eigenvalue weighted by Gasteiger charge is 2.12. The van der Waals surface area contributed by atoms with Crippen LogP contribution in [0.2, 0.25) is 0 Å². The van der Waals surface area contributed by atoms with E-state index in [1.807, 2.05) is 25.1 Å². The second-order valence-corrected chi connectivity index (χ2v) is 4.45. The molecule has 0 aliphatic heterocycles. The van der Waals surface area contributed by atoms with Crippen molar-refractivity contribution in [3.8, 4) is 0 Å². The molecular weight excluding hydrogens is 278 g/mol. The standard InChI is InChI=1S/C11H15BrF2N2/c1-7-2-3-8(4-9(7)12)10(5-15)16-6-11(13)14/h2-4,10-11,16H,5-6,15H2,1H3. The minimum absolute atomic E-state index is 0.231. The number of hydrogen-bond donors (Lipinski definition) is 2. The van der Waals surface area contributed by atoms with Crippen LogP contribution in [0.15, 0.2) is 22.7 Å². The average molecular weight is 293 g/mol. The monoisotopic (exact) mass is 292 g/mol. The van der Waals surface area contributed by atoms with E-state index in [1.54, 1.807) is 0 Å². The van der Waals surface area contributed by atoms with Crippen LogP contribution in [0, 0.1) is 6.92 Å². The van der Waals surface area contributed by atoms with Gasteiger partial charge in [-0.2, -0.15) is 0 Å². The van der Waals surface area contributed by atoms with Crippen LogP contribution in [0.4, 0.5) is 8.78 Å². The van der Waals surface area contributed by atoms with Gasteiger partial charge in [0.1, 0.15) is 0 Å². The number of rotatable bonds is 5.